The third-order valence-electron chi connectivity index (χ3n) is 4.66. The standard InChI is InChI=1S/C17H20F3N3O/c1-9(2)12-14(17(18,19)20)22-23-15(12)21-10(3)13(16(23)24)11-7-5-4-6-8-11/h4-9,12,14-15,21-22H,1-3H3. The molecule has 1 aromatic rings. The van der Waals surface area contributed by atoms with Gasteiger partial charge < -0.3 is 5.32 Å². The fourth-order valence-electron chi connectivity index (χ4n) is 3.58. The molecular weight excluding hydrogens is 319 g/mol. The molecule has 2 heterocycles. The van der Waals surface area contributed by atoms with Crippen LogP contribution in [0.15, 0.2) is 36.0 Å². The van der Waals surface area contributed by atoms with Crippen molar-refractivity contribution in [3.63, 3.8) is 0 Å². The summed E-state index contributed by atoms with van der Waals surface area (Å²) in [5, 5.41) is 4.22. The van der Waals surface area contributed by atoms with Crippen molar-refractivity contribution in [3.8, 4) is 0 Å². The first kappa shape index (κ1) is 16.8. The third-order valence-corrected chi connectivity index (χ3v) is 4.66. The normalized spacial score (nSPS) is 27.5. The summed E-state index contributed by atoms with van der Waals surface area (Å²) in [4.78, 5) is 12.9. The van der Waals surface area contributed by atoms with E-state index in [-0.39, 0.29) is 5.92 Å². The minimum Gasteiger partial charge on any atom is -0.367 e. The summed E-state index contributed by atoms with van der Waals surface area (Å²) >= 11 is 0. The molecule has 1 fully saturated rings. The molecule has 3 rings (SSSR count). The number of benzene rings is 1. The van der Waals surface area contributed by atoms with Crippen LogP contribution in [0.4, 0.5) is 13.2 Å². The first-order valence-electron chi connectivity index (χ1n) is 7.91. The molecule has 0 aromatic heterocycles. The van der Waals surface area contributed by atoms with Crippen molar-refractivity contribution in [2.24, 2.45) is 11.8 Å². The van der Waals surface area contributed by atoms with Crippen LogP contribution >= 0.6 is 0 Å². The van der Waals surface area contributed by atoms with Gasteiger partial charge in [0.05, 0.1) is 5.57 Å². The van der Waals surface area contributed by atoms with Gasteiger partial charge in [-0.15, -0.1) is 0 Å². The average Bonchev–Trinajstić information content (AvgIpc) is 2.88. The van der Waals surface area contributed by atoms with Gasteiger partial charge in [-0.25, -0.2) is 5.43 Å². The SMILES string of the molecule is CC1=C(c2ccccc2)C(=O)N2NC(C(F)(F)F)C(C(C)C)C2N1. The zero-order valence-electron chi connectivity index (χ0n) is 13.7. The zero-order valence-corrected chi connectivity index (χ0v) is 13.7. The quantitative estimate of drug-likeness (QED) is 0.871. The molecule has 1 aromatic carbocycles. The van der Waals surface area contributed by atoms with E-state index in [0.29, 0.717) is 16.8 Å². The number of hydrogen-bond donors (Lipinski definition) is 2. The summed E-state index contributed by atoms with van der Waals surface area (Å²) in [7, 11) is 0. The lowest BCUT2D eigenvalue weighted by Crippen LogP contribution is -2.54. The second-order valence-corrected chi connectivity index (χ2v) is 6.60. The van der Waals surface area contributed by atoms with E-state index >= 15 is 0 Å². The van der Waals surface area contributed by atoms with Crippen LogP contribution in [-0.4, -0.2) is 29.3 Å². The van der Waals surface area contributed by atoms with Gasteiger partial charge in [0.15, 0.2) is 0 Å². The van der Waals surface area contributed by atoms with Gasteiger partial charge in [0.1, 0.15) is 12.2 Å². The molecule has 24 heavy (non-hydrogen) atoms. The number of hydrazine groups is 1. The molecule has 3 atom stereocenters. The Labute approximate surface area is 138 Å². The number of rotatable bonds is 2. The molecule has 3 unspecified atom stereocenters. The van der Waals surface area contributed by atoms with E-state index in [0.717, 1.165) is 5.01 Å². The molecule has 2 N–H and O–H groups in total. The highest BCUT2D eigenvalue weighted by Gasteiger charge is 2.57. The molecule has 130 valence electrons. The van der Waals surface area contributed by atoms with E-state index in [1.807, 2.05) is 6.07 Å². The second kappa shape index (κ2) is 5.81. The Morgan fingerprint density at radius 3 is 2.33 bits per heavy atom. The summed E-state index contributed by atoms with van der Waals surface area (Å²) in [5.74, 6) is -1.44. The summed E-state index contributed by atoms with van der Waals surface area (Å²) < 4.78 is 40.2. The molecule has 0 aliphatic carbocycles. The molecular formula is C17H20F3N3O. The summed E-state index contributed by atoms with van der Waals surface area (Å²) in [6.45, 7) is 5.22. The molecule has 1 saturated heterocycles. The maximum Gasteiger partial charge on any atom is 0.406 e. The largest absolute Gasteiger partial charge is 0.406 e. The molecule has 2 aliphatic rings. The molecule has 0 bridgehead atoms. The number of allylic oxidation sites excluding steroid dienone is 1. The Morgan fingerprint density at radius 1 is 1.17 bits per heavy atom. The fourth-order valence-corrected chi connectivity index (χ4v) is 3.58. The number of carbonyl (C=O) groups excluding carboxylic acids is 1. The monoisotopic (exact) mass is 339 g/mol. The Kier molecular flexibility index (Phi) is 4.07. The molecule has 0 saturated carbocycles. The molecule has 1 amide bonds. The van der Waals surface area contributed by atoms with Gasteiger partial charge >= 0.3 is 6.18 Å². The fraction of sp³-hybridized carbons (Fsp3) is 0.471. The van der Waals surface area contributed by atoms with Crippen molar-refractivity contribution >= 4 is 11.5 Å². The first-order chi connectivity index (χ1) is 11.2. The molecule has 0 radical (unpaired) electrons. The minimum absolute atomic E-state index is 0.245. The van der Waals surface area contributed by atoms with Crippen molar-refractivity contribution in [2.75, 3.05) is 0 Å². The summed E-state index contributed by atoms with van der Waals surface area (Å²) in [6, 6.07) is 7.21. The highest BCUT2D eigenvalue weighted by atomic mass is 19.4. The van der Waals surface area contributed by atoms with Gasteiger partial charge in [-0.3, -0.25) is 9.80 Å². The Bertz CT molecular complexity index is 669. The van der Waals surface area contributed by atoms with Crippen molar-refractivity contribution in [1.29, 1.82) is 0 Å². The highest BCUT2D eigenvalue weighted by Crippen LogP contribution is 2.40. The Hall–Kier alpha value is -2.02. The van der Waals surface area contributed by atoms with Gasteiger partial charge in [-0.05, 0) is 18.4 Å². The van der Waals surface area contributed by atoms with E-state index in [1.165, 1.54) is 0 Å². The maximum absolute atomic E-state index is 13.4. The van der Waals surface area contributed by atoms with E-state index in [4.69, 9.17) is 0 Å². The molecule has 7 heteroatoms. The number of amides is 1. The van der Waals surface area contributed by atoms with Crippen LogP contribution in [0, 0.1) is 11.8 Å². The smallest absolute Gasteiger partial charge is 0.367 e. The number of nitrogens with zero attached hydrogens (tertiary/aromatic N) is 1. The minimum atomic E-state index is -4.42. The molecule has 4 nitrogen and oxygen atoms in total. The predicted molar refractivity (Wildman–Crippen MR) is 84.1 cm³/mol. The Morgan fingerprint density at radius 2 is 1.79 bits per heavy atom. The van der Waals surface area contributed by atoms with Gasteiger partial charge in [0, 0.05) is 11.6 Å². The van der Waals surface area contributed by atoms with Crippen LogP contribution in [0.2, 0.25) is 0 Å². The molecule has 0 spiro atoms. The van der Waals surface area contributed by atoms with Crippen LogP contribution in [0.5, 0.6) is 0 Å². The van der Waals surface area contributed by atoms with Crippen molar-refractivity contribution in [1.82, 2.24) is 15.8 Å². The maximum atomic E-state index is 13.4. The average molecular weight is 339 g/mol. The summed E-state index contributed by atoms with van der Waals surface area (Å²) in [6.07, 6.45) is -5.13. The van der Waals surface area contributed by atoms with Gasteiger partial charge in [-0.2, -0.15) is 13.2 Å². The topological polar surface area (TPSA) is 44.4 Å². The van der Waals surface area contributed by atoms with Gasteiger partial charge in [-0.1, -0.05) is 44.2 Å². The van der Waals surface area contributed by atoms with Crippen molar-refractivity contribution < 1.29 is 18.0 Å². The second-order valence-electron chi connectivity index (χ2n) is 6.60. The summed E-state index contributed by atoms with van der Waals surface area (Å²) in [5.41, 5.74) is 4.07. The van der Waals surface area contributed by atoms with Crippen LogP contribution in [0.25, 0.3) is 5.57 Å². The Balaban J connectivity index is 2.00. The predicted octanol–water partition coefficient (Wildman–Crippen LogP) is 2.90. The van der Waals surface area contributed by atoms with E-state index in [1.54, 1.807) is 45.0 Å². The van der Waals surface area contributed by atoms with E-state index in [9.17, 15) is 18.0 Å². The number of fused-ring (bicyclic) bond motifs is 1. The lowest BCUT2D eigenvalue weighted by molar-refractivity contribution is -0.168. The number of alkyl halides is 3. The first-order valence-corrected chi connectivity index (χ1v) is 7.91. The van der Waals surface area contributed by atoms with Crippen molar-refractivity contribution in [3.05, 3.63) is 41.6 Å². The zero-order chi connectivity index (χ0) is 17.6. The van der Waals surface area contributed by atoms with Gasteiger partial charge in [0.2, 0.25) is 0 Å². The van der Waals surface area contributed by atoms with Crippen molar-refractivity contribution in [2.45, 2.75) is 39.2 Å². The number of carbonyl (C=O) groups is 1. The van der Waals surface area contributed by atoms with E-state index in [2.05, 4.69) is 10.7 Å². The number of hydrogen-bond acceptors (Lipinski definition) is 3. The van der Waals surface area contributed by atoms with Gasteiger partial charge in [0.25, 0.3) is 5.91 Å². The van der Waals surface area contributed by atoms with Crippen LogP contribution < -0.4 is 10.7 Å². The highest BCUT2D eigenvalue weighted by molar-refractivity contribution is 6.20. The number of nitrogens with one attached hydrogen (secondary N) is 2. The van der Waals surface area contributed by atoms with Crippen LogP contribution in [0.1, 0.15) is 26.3 Å². The third kappa shape index (κ3) is 2.66. The molecule has 2 aliphatic heterocycles. The lowest BCUT2D eigenvalue weighted by atomic mass is 9.86. The van der Waals surface area contributed by atoms with Crippen LogP contribution in [-0.2, 0) is 4.79 Å². The van der Waals surface area contributed by atoms with E-state index < -0.39 is 30.2 Å². The number of halogens is 3. The lowest BCUT2D eigenvalue weighted by Gasteiger charge is -2.36. The van der Waals surface area contributed by atoms with Crippen LogP contribution in [0.3, 0.4) is 0 Å².